The highest BCUT2D eigenvalue weighted by Gasteiger charge is 2.25. The molecule has 0 atom stereocenters. The first kappa shape index (κ1) is 18.5. The molecule has 1 aromatic rings. The fourth-order valence-electron chi connectivity index (χ4n) is 4.17. The van der Waals surface area contributed by atoms with Gasteiger partial charge < -0.3 is 0 Å². The average molecular weight is 322 g/mol. The first-order chi connectivity index (χ1) is 11.7. The number of rotatable bonds is 7. The Morgan fingerprint density at radius 3 is 2.21 bits per heavy atom. The van der Waals surface area contributed by atoms with Crippen LogP contribution in [-0.4, -0.2) is 0 Å². The van der Waals surface area contributed by atoms with Crippen LogP contribution in [0.2, 0.25) is 0 Å². The molecule has 1 aromatic carbocycles. The lowest BCUT2D eigenvalue weighted by atomic mass is 9.75. The van der Waals surface area contributed by atoms with Crippen molar-refractivity contribution in [2.45, 2.75) is 84.0 Å². The molecule has 0 heterocycles. The predicted molar refractivity (Wildman–Crippen MR) is 98.7 cm³/mol. The van der Waals surface area contributed by atoms with Gasteiger partial charge in [0.25, 0.3) is 0 Å². The van der Waals surface area contributed by atoms with E-state index in [0.29, 0.717) is 17.0 Å². The Morgan fingerprint density at radius 1 is 0.917 bits per heavy atom. The van der Waals surface area contributed by atoms with Crippen LogP contribution in [0.4, 0.5) is 0 Å². The van der Waals surface area contributed by atoms with Crippen LogP contribution >= 0.6 is 0 Å². The molecule has 2 rings (SSSR count). The Morgan fingerprint density at radius 2 is 1.62 bits per heavy atom. The third-order valence-electron chi connectivity index (χ3n) is 5.57. The molecular formula is C22H30N2. The smallest absolute Gasteiger partial charge is 0.101 e. The topological polar surface area (TPSA) is 47.6 Å². The molecule has 24 heavy (non-hydrogen) atoms. The van der Waals surface area contributed by atoms with Crippen molar-refractivity contribution < 1.29 is 0 Å². The van der Waals surface area contributed by atoms with E-state index in [1.165, 1.54) is 51.4 Å². The summed E-state index contributed by atoms with van der Waals surface area (Å²) in [5, 5.41) is 19.2. The van der Waals surface area contributed by atoms with Gasteiger partial charge >= 0.3 is 0 Å². The number of hydrogen-bond donors (Lipinski definition) is 0. The summed E-state index contributed by atoms with van der Waals surface area (Å²) in [7, 11) is 0. The minimum Gasteiger partial charge on any atom is -0.192 e. The van der Waals surface area contributed by atoms with Crippen molar-refractivity contribution in [3.05, 3.63) is 34.4 Å². The van der Waals surface area contributed by atoms with E-state index in [4.69, 9.17) is 0 Å². The van der Waals surface area contributed by atoms with Gasteiger partial charge in [-0.05, 0) is 55.1 Å². The molecule has 0 radical (unpaired) electrons. The molecule has 0 unspecified atom stereocenters. The Bertz CT molecular complexity index is 610. The number of unbranched alkanes of at least 4 members (excludes halogenated alkanes) is 2. The molecule has 1 aliphatic carbocycles. The first-order valence-corrected chi connectivity index (χ1v) is 9.71. The van der Waals surface area contributed by atoms with Crippen LogP contribution < -0.4 is 0 Å². The Balaban J connectivity index is 2.11. The molecule has 0 N–H and O–H groups in total. The molecule has 2 nitrogen and oxygen atoms in total. The van der Waals surface area contributed by atoms with E-state index in [0.717, 1.165) is 29.9 Å². The van der Waals surface area contributed by atoms with Gasteiger partial charge in [-0.15, -0.1) is 0 Å². The zero-order chi connectivity index (χ0) is 17.4. The summed E-state index contributed by atoms with van der Waals surface area (Å²) in [6.45, 7) is 4.37. The SMILES string of the molecule is CCCCCC1CCC(c2ccc(CCC)c(C#N)c2C#N)CC1. The molecular weight excluding hydrogens is 292 g/mol. The summed E-state index contributed by atoms with van der Waals surface area (Å²) >= 11 is 0. The number of nitriles is 2. The quantitative estimate of drug-likeness (QED) is 0.558. The summed E-state index contributed by atoms with van der Waals surface area (Å²) in [5.41, 5.74) is 3.44. The Kier molecular flexibility index (Phi) is 7.33. The van der Waals surface area contributed by atoms with Crippen molar-refractivity contribution in [2.24, 2.45) is 5.92 Å². The first-order valence-electron chi connectivity index (χ1n) is 9.71. The average Bonchev–Trinajstić information content (AvgIpc) is 2.62. The van der Waals surface area contributed by atoms with E-state index in [1.807, 2.05) is 0 Å². The standard InChI is InChI=1S/C22H30N2/c1-3-5-6-8-17-9-11-19(12-10-17)20-14-13-18(7-4-2)21(15-23)22(20)16-24/h13-14,17,19H,3-12H2,1-2H3. The lowest BCUT2D eigenvalue weighted by Crippen LogP contribution is -2.15. The highest BCUT2D eigenvalue weighted by atomic mass is 14.3. The Labute approximate surface area is 147 Å². The minimum absolute atomic E-state index is 0.463. The van der Waals surface area contributed by atoms with Crippen molar-refractivity contribution in [1.82, 2.24) is 0 Å². The maximum absolute atomic E-state index is 9.65. The molecule has 1 fully saturated rings. The largest absolute Gasteiger partial charge is 0.192 e. The summed E-state index contributed by atoms with van der Waals surface area (Å²) < 4.78 is 0. The number of benzene rings is 1. The molecule has 0 saturated heterocycles. The van der Waals surface area contributed by atoms with Crippen molar-refractivity contribution >= 4 is 0 Å². The zero-order valence-corrected chi connectivity index (χ0v) is 15.3. The number of hydrogen-bond acceptors (Lipinski definition) is 2. The van der Waals surface area contributed by atoms with E-state index in [-0.39, 0.29) is 0 Å². The molecule has 0 aliphatic heterocycles. The van der Waals surface area contributed by atoms with Crippen molar-refractivity contribution in [1.29, 1.82) is 10.5 Å². The summed E-state index contributed by atoms with van der Waals surface area (Å²) in [5.74, 6) is 1.33. The van der Waals surface area contributed by atoms with Crippen LogP contribution in [-0.2, 0) is 6.42 Å². The van der Waals surface area contributed by atoms with Crippen molar-refractivity contribution in [2.75, 3.05) is 0 Å². The van der Waals surface area contributed by atoms with E-state index in [2.05, 4.69) is 38.1 Å². The highest BCUT2D eigenvalue weighted by molar-refractivity contribution is 5.55. The van der Waals surface area contributed by atoms with Gasteiger partial charge in [-0.3, -0.25) is 0 Å². The van der Waals surface area contributed by atoms with Crippen LogP contribution in [0.5, 0.6) is 0 Å². The lowest BCUT2D eigenvalue weighted by molar-refractivity contribution is 0.302. The summed E-state index contributed by atoms with van der Waals surface area (Å²) in [6, 6.07) is 8.86. The molecule has 0 amide bonds. The summed E-state index contributed by atoms with van der Waals surface area (Å²) in [4.78, 5) is 0. The molecule has 1 saturated carbocycles. The minimum atomic E-state index is 0.463. The van der Waals surface area contributed by atoms with Gasteiger partial charge in [0.2, 0.25) is 0 Å². The maximum atomic E-state index is 9.65. The van der Waals surface area contributed by atoms with E-state index < -0.39 is 0 Å². The second kappa shape index (κ2) is 9.48. The molecule has 0 bridgehead atoms. The zero-order valence-electron chi connectivity index (χ0n) is 15.3. The predicted octanol–water partition coefficient (Wildman–Crippen LogP) is 6.24. The van der Waals surface area contributed by atoms with Gasteiger partial charge in [-0.1, -0.05) is 58.1 Å². The van der Waals surface area contributed by atoms with Crippen LogP contribution in [0.1, 0.15) is 99.8 Å². The fraction of sp³-hybridized carbons (Fsp3) is 0.636. The normalized spacial score (nSPS) is 20.3. The Hall–Kier alpha value is -1.80. The maximum Gasteiger partial charge on any atom is 0.101 e. The highest BCUT2D eigenvalue weighted by Crippen LogP contribution is 2.39. The van der Waals surface area contributed by atoms with Gasteiger partial charge in [0.05, 0.1) is 11.1 Å². The molecule has 128 valence electrons. The molecule has 1 aliphatic rings. The van der Waals surface area contributed by atoms with Crippen LogP contribution in [0, 0.1) is 28.6 Å². The number of nitrogens with zero attached hydrogens (tertiary/aromatic N) is 2. The van der Waals surface area contributed by atoms with Gasteiger partial charge in [0.15, 0.2) is 0 Å². The van der Waals surface area contributed by atoms with Crippen molar-refractivity contribution in [3.8, 4) is 12.1 Å². The molecule has 0 aromatic heterocycles. The van der Waals surface area contributed by atoms with Gasteiger partial charge in [-0.25, -0.2) is 0 Å². The third kappa shape index (κ3) is 4.39. The van der Waals surface area contributed by atoms with Gasteiger partial charge in [0.1, 0.15) is 12.1 Å². The van der Waals surface area contributed by atoms with E-state index in [1.54, 1.807) is 0 Å². The van der Waals surface area contributed by atoms with Gasteiger partial charge in [0, 0.05) is 0 Å². The van der Waals surface area contributed by atoms with Crippen LogP contribution in [0.15, 0.2) is 12.1 Å². The summed E-state index contributed by atoms with van der Waals surface area (Å²) in [6.07, 6.45) is 12.1. The molecule has 2 heteroatoms. The van der Waals surface area contributed by atoms with Crippen LogP contribution in [0.25, 0.3) is 0 Å². The lowest BCUT2D eigenvalue weighted by Gasteiger charge is -2.29. The molecule has 0 spiro atoms. The monoisotopic (exact) mass is 322 g/mol. The van der Waals surface area contributed by atoms with E-state index in [9.17, 15) is 10.5 Å². The van der Waals surface area contributed by atoms with Crippen LogP contribution in [0.3, 0.4) is 0 Å². The second-order valence-electron chi connectivity index (χ2n) is 7.25. The fourth-order valence-corrected chi connectivity index (χ4v) is 4.17. The van der Waals surface area contributed by atoms with E-state index >= 15 is 0 Å². The van der Waals surface area contributed by atoms with Gasteiger partial charge in [-0.2, -0.15) is 10.5 Å². The number of aryl methyl sites for hydroxylation is 1. The second-order valence-corrected chi connectivity index (χ2v) is 7.25. The third-order valence-corrected chi connectivity index (χ3v) is 5.57. The van der Waals surface area contributed by atoms with Crippen molar-refractivity contribution in [3.63, 3.8) is 0 Å².